The van der Waals surface area contributed by atoms with Gasteiger partial charge in [0.25, 0.3) is 0 Å². The Balaban J connectivity index is 0.00000576. The molecular formula is C60H56N3OPt-. The summed E-state index contributed by atoms with van der Waals surface area (Å²) in [4.78, 5) is 10.4. The Morgan fingerprint density at radius 1 is 0.462 bits per heavy atom. The summed E-state index contributed by atoms with van der Waals surface area (Å²) in [7, 11) is 0. The van der Waals surface area contributed by atoms with Gasteiger partial charge in [-0.1, -0.05) is 189 Å². The van der Waals surface area contributed by atoms with Gasteiger partial charge in [-0.05, 0) is 91.6 Å². The molecule has 0 spiro atoms. The Morgan fingerprint density at radius 3 is 1.69 bits per heavy atom. The third-order valence-electron chi connectivity index (χ3n) is 12.4. The smallest absolute Gasteiger partial charge is 0.148 e. The normalized spacial score (nSPS) is 12.0. The summed E-state index contributed by atoms with van der Waals surface area (Å²) in [5.41, 5.74) is 17.4. The Kier molecular flexibility index (Phi) is 12.2. The number of imidazole rings is 1. The minimum atomic E-state index is -0.163. The van der Waals surface area contributed by atoms with Gasteiger partial charge in [0.1, 0.15) is 11.6 Å². The number of para-hydroxylation sites is 2. The maximum Gasteiger partial charge on any atom is 0.148 e. The van der Waals surface area contributed by atoms with Crippen LogP contribution in [0.15, 0.2) is 170 Å². The number of hydrogen-bond donors (Lipinski definition) is 1. The van der Waals surface area contributed by atoms with E-state index < -0.39 is 0 Å². The van der Waals surface area contributed by atoms with Crippen LogP contribution in [0.5, 0.6) is 5.75 Å². The minimum Gasteiger partial charge on any atom is -0.507 e. The molecule has 9 aromatic rings. The van der Waals surface area contributed by atoms with Gasteiger partial charge in [-0.3, -0.25) is 9.55 Å². The van der Waals surface area contributed by atoms with Crippen molar-refractivity contribution in [2.45, 2.75) is 78.6 Å². The first kappa shape index (κ1) is 45.2. The molecule has 0 aliphatic heterocycles. The minimum absolute atomic E-state index is 0. The fourth-order valence-electron chi connectivity index (χ4n) is 8.51. The number of fused-ring (bicyclic) bond motifs is 1. The number of benzene rings is 7. The number of phenols is 1. The number of aromatic nitrogens is 3. The molecule has 4 nitrogen and oxygen atoms in total. The Hall–Kier alpha value is -6.35. The van der Waals surface area contributed by atoms with Crippen molar-refractivity contribution < 1.29 is 26.2 Å². The molecule has 0 bridgehead atoms. The van der Waals surface area contributed by atoms with Crippen molar-refractivity contribution in [3.05, 3.63) is 193 Å². The van der Waals surface area contributed by atoms with Crippen LogP contribution >= 0.6 is 0 Å². The van der Waals surface area contributed by atoms with Gasteiger partial charge in [0.15, 0.2) is 0 Å². The zero-order valence-electron chi connectivity index (χ0n) is 38.8. The molecule has 0 unspecified atom stereocenters. The molecule has 0 amide bonds. The van der Waals surface area contributed by atoms with Gasteiger partial charge in [-0.15, -0.1) is 29.3 Å². The van der Waals surface area contributed by atoms with Crippen molar-refractivity contribution in [2.24, 2.45) is 0 Å². The quantitative estimate of drug-likeness (QED) is 0.162. The van der Waals surface area contributed by atoms with E-state index in [0.29, 0.717) is 11.4 Å². The third kappa shape index (κ3) is 9.15. The molecule has 0 saturated heterocycles. The molecule has 7 aromatic carbocycles. The molecule has 0 aliphatic rings. The van der Waals surface area contributed by atoms with Crippen molar-refractivity contribution in [2.75, 3.05) is 0 Å². The predicted molar refractivity (Wildman–Crippen MR) is 268 cm³/mol. The molecule has 1 N–H and O–H groups in total. The second-order valence-electron chi connectivity index (χ2n) is 20.1. The number of aromatic hydroxyl groups is 1. The predicted octanol–water partition coefficient (Wildman–Crippen LogP) is 15.8. The molecular weight excluding hydrogens is 974 g/mol. The first-order chi connectivity index (χ1) is 30.5. The zero-order chi connectivity index (χ0) is 45.0. The van der Waals surface area contributed by atoms with Crippen molar-refractivity contribution in [3.8, 4) is 78.6 Å². The van der Waals surface area contributed by atoms with E-state index in [1.54, 1.807) is 6.07 Å². The summed E-state index contributed by atoms with van der Waals surface area (Å²) in [5, 5.41) is 11.5. The molecule has 2 aromatic heterocycles. The molecule has 9 rings (SSSR count). The van der Waals surface area contributed by atoms with Crippen LogP contribution in [0.3, 0.4) is 0 Å². The first-order valence-electron chi connectivity index (χ1n) is 22.3. The van der Waals surface area contributed by atoms with Crippen molar-refractivity contribution in [1.82, 2.24) is 14.5 Å². The van der Waals surface area contributed by atoms with E-state index in [2.05, 4.69) is 206 Å². The maximum absolute atomic E-state index is 11.5. The average Bonchev–Trinajstić information content (AvgIpc) is 3.68. The van der Waals surface area contributed by atoms with Gasteiger partial charge in [0.2, 0.25) is 0 Å². The standard InChI is InChI=1S/C60H56N3O.Pt/c1-58(2,3)46-28-26-42(27-29-46)51-38-47(59(4,5)6)30-31-53(51)63-54-20-15-19-49(56(54)62-57(63)50-18-13-14-21-55(50)64)44-34-45(36-48(35-44)60(7,8)9)52-37-43(32-33-61-52)41-24-22-40(23-25-41)39-16-11-10-12-17-39;/h10-33,35-38,64H,1-9H3;/q-1;. The SMILES string of the molecule is CC(C)(C)c1ccc(-c2cc(C(C)(C)C)ccc2-n2c(-c3ccccc3O)nc3c(-c4[c-]c(-c5cc(-c6ccc(-c7ccccc7)cc6)ccn5)cc(C(C)(C)C)c4)cccc32)cc1.[Pt]. The number of rotatable bonds is 7. The van der Waals surface area contributed by atoms with Crippen LogP contribution in [0.2, 0.25) is 0 Å². The Morgan fingerprint density at radius 2 is 1.03 bits per heavy atom. The van der Waals surface area contributed by atoms with Crippen LogP contribution in [0.1, 0.15) is 79.0 Å². The molecule has 328 valence electrons. The van der Waals surface area contributed by atoms with Gasteiger partial charge in [-0.25, -0.2) is 4.98 Å². The molecule has 0 fully saturated rings. The van der Waals surface area contributed by atoms with E-state index in [9.17, 15) is 5.11 Å². The first-order valence-corrected chi connectivity index (χ1v) is 22.3. The van der Waals surface area contributed by atoms with Crippen LogP contribution in [0.4, 0.5) is 0 Å². The van der Waals surface area contributed by atoms with Crippen molar-refractivity contribution >= 4 is 11.0 Å². The number of hydrogen-bond acceptors (Lipinski definition) is 3. The molecule has 0 atom stereocenters. The molecule has 0 aliphatic carbocycles. The number of nitrogens with zero attached hydrogens (tertiary/aromatic N) is 3. The molecule has 0 saturated carbocycles. The molecule has 5 heteroatoms. The second kappa shape index (κ2) is 17.6. The summed E-state index contributed by atoms with van der Waals surface area (Å²) in [5.74, 6) is 0.837. The topological polar surface area (TPSA) is 50.9 Å². The zero-order valence-corrected chi connectivity index (χ0v) is 41.0. The monoisotopic (exact) mass is 1030 g/mol. The van der Waals surface area contributed by atoms with Crippen LogP contribution in [0, 0.1) is 6.07 Å². The fraction of sp³-hybridized carbons (Fsp3) is 0.200. The van der Waals surface area contributed by atoms with Gasteiger partial charge < -0.3 is 5.11 Å². The summed E-state index contributed by atoms with van der Waals surface area (Å²) < 4.78 is 2.23. The number of pyridine rings is 1. The van der Waals surface area contributed by atoms with Crippen molar-refractivity contribution in [1.29, 1.82) is 0 Å². The van der Waals surface area contributed by atoms with Gasteiger partial charge in [-0.2, -0.15) is 0 Å². The van der Waals surface area contributed by atoms with Crippen LogP contribution < -0.4 is 0 Å². The Bertz CT molecular complexity index is 3140. The summed E-state index contributed by atoms with van der Waals surface area (Å²) in [6, 6.07) is 61.4. The van der Waals surface area contributed by atoms with Gasteiger partial charge >= 0.3 is 0 Å². The van der Waals surface area contributed by atoms with E-state index in [1.807, 2.05) is 30.5 Å². The average molecular weight is 1030 g/mol. The third-order valence-corrected chi connectivity index (χ3v) is 12.4. The van der Waals surface area contributed by atoms with Gasteiger partial charge in [0, 0.05) is 38.5 Å². The largest absolute Gasteiger partial charge is 0.507 e. The summed E-state index contributed by atoms with van der Waals surface area (Å²) in [6.07, 6.45) is 1.90. The van der Waals surface area contributed by atoms with Crippen LogP contribution in [0.25, 0.3) is 83.9 Å². The van der Waals surface area contributed by atoms with E-state index in [4.69, 9.17) is 9.97 Å². The molecule has 0 radical (unpaired) electrons. The molecule has 65 heavy (non-hydrogen) atoms. The second-order valence-corrected chi connectivity index (χ2v) is 20.1. The fourth-order valence-corrected chi connectivity index (χ4v) is 8.51. The van der Waals surface area contributed by atoms with E-state index >= 15 is 0 Å². The van der Waals surface area contributed by atoms with E-state index in [-0.39, 0.29) is 43.1 Å². The summed E-state index contributed by atoms with van der Waals surface area (Å²) >= 11 is 0. The van der Waals surface area contributed by atoms with Crippen LogP contribution in [-0.4, -0.2) is 19.6 Å². The number of phenolic OH excluding ortho intramolecular Hbond substituents is 1. The van der Waals surface area contributed by atoms with Crippen LogP contribution in [-0.2, 0) is 37.3 Å². The Labute approximate surface area is 399 Å². The van der Waals surface area contributed by atoms with Gasteiger partial charge in [0.05, 0.1) is 22.3 Å². The van der Waals surface area contributed by atoms with Crippen molar-refractivity contribution in [3.63, 3.8) is 0 Å². The van der Waals surface area contributed by atoms with E-state index in [1.165, 1.54) is 27.8 Å². The maximum atomic E-state index is 11.5. The summed E-state index contributed by atoms with van der Waals surface area (Å²) in [6.45, 7) is 20.3. The molecule has 2 heterocycles. The van der Waals surface area contributed by atoms with E-state index in [0.717, 1.165) is 61.4 Å².